The standard InChI is InChI=1S/C18H36O3Si/c1-8-10-11-12-13-14-16(15-17(19)20-9-2)21-22(6,7)18(3,4)5/h13-14,16H,8-12,15H2,1-7H3/b14-13+. The fourth-order valence-corrected chi connectivity index (χ4v) is 3.12. The van der Waals surface area contributed by atoms with Gasteiger partial charge in [-0.1, -0.05) is 52.7 Å². The van der Waals surface area contributed by atoms with Crippen LogP contribution in [0.1, 0.15) is 66.7 Å². The van der Waals surface area contributed by atoms with E-state index in [0.29, 0.717) is 13.0 Å². The Morgan fingerprint density at radius 3 is 2.32 bits per heavy atom. The van der Waals surface area contributed by atoms with Crippen molar-refractivity contribution >= 4 is 14.3 Å². The summed E-state index contributed by atoms with van der Waals surface area (Å²) >= 11 is 0. The number of carbonyl (C=O) groups is 1. The molecule has 0 aromatic rings. The summed E-state index contributed by atoms with van der Waals surface area (Å²) in [6.07, 6.45) is 9.08. The Labute approximate surface area is 138 Å². The maximum atomic E-state index is 11.8. The molecule has 0 fully saturated rings. The Kier molecular flexibility index (Phi) is 9.93. The molecule has 0 bridgehead atoms. The topological polar surface area (TPSA) is 35.5 Å². The van der Waals surface area contributed by atoms with Gasteiger partial charge >= 0.3 is 5.97 Å². The quantitative estimate of drug-likeness (QED) is 0.231. The number of ether oxygens (including phenoxy) is 1. The van der Waals surface area contributed by atoms with Crippen LogP contribution in [0.4, 0.5) is 0 Å². The molecule has 22 heavy (non-hydrogen) atoms. The predicted octanol–water partition coefficient (Wildman–Crippen LogP) is 5.47. The summed E-state index contributed by atoms with van der Waals surface area (Å²) in [7, 11) is -1.89. The molecule has 3 nitrogen and oxygen atoms in total. The number of rotatable bonds is 10. The van der Waals surface area contributed by atoms with E-state index >= 15 is 0 Å². The largest absolute Gasteiger partial charge is 0.466 e. The van der Waals surface area contributed by atoms with Crippen molar-refractivity contribution in [1.29, 1.82) is 0 Å². The molecule has 0 amide bonds. The summed E-state index contributed by atoms with van der Waals surface area (Å²) in [5, 5.41) is 0.135. The van der Waals surface area contributed by atoms with Crippen LogP contribution in [0, 0.1) is 0 Å². The number of unbranched alkanes of at least 4 members (excludes halogenated alkanes) is 3. The molecule has 1 atom stereocenters. The third kappa shape index (κ3) is 8.74. The van der Waals surface area contributed by atoms with E-state index in [9.17, 15) is 4.79 Å². The maximum Gasteiger partial charge on any atom is 0.308 e. The first-order valence-electron chi connectivity index (χ1n) is 8.64. The number of hydrogen-bond acceptors (Lipinski definition) is 3. The van der Waals surface area contributed by atoms with Crippen LogP contribution in [-0.2, 0) is 14.0 Å². The lowest BCUT2D eigenvalue weighted by Crippen LogP contribution is -2.44. The van der Waals surface area contributed by atoms with Crippen LogP contribution < -0.4 is 0 Å². The first kappa shape index (κ1) is 21.4. The lowest BCUT2D eigenvalue weighted by atomic mass is 10.1. The summed E-state index contributed by atoms with van der Waals surface area (Å²) < 4.78 is 11.5. The van der Waals surface area contributed by atoms with Gasteiger partial charge in [0.05, 0.1) is 19.1 Å². The summed E-state index contributed by atoms with van der Waals surface area (Å²) in [5.74, 6) is -0.176. The Balaban J connectivity index is 4.75. The van der Waals surface area contributed by atoms with E-state index in [0.717, 1.165) is 6.42 Å². The Morgan fingerprint density at radius 2 is 1.82 bits per heavy atom. The molecule has 0 aromatic carbocycles. The number of esters is 1. The highest BCUT2D eigenvalue weighted by atomic mass is 28.4. The van der Waals surface area contributed by atoms with Gasteiger partial charge in [0.25, 0.3) is 0 Å². The zero-order valence-electron chi connectivity index (χ0n) is 15.7. The molecule has 0 aromatic heterocycles. The van der Waals surface area contributed by atoms with E-state index in [1.54, 1.807) is 0 Å². The average molecular weight is 329 g/mol. The highest BCUT2D eigenvalue weighted by molar-refractivity contribution is 6.74. The SMILES string of the molecule is CCCCC/C=C/C(CC(=O)OCC)O[Si](C)(C)C(C)(C)C. The van der Waals surface area contributed by atoms with Crippen LogP contribution in [0.15, 0.2) is 12.2 Å². The summed E-state index contributed by atoms with van der Waals surface area (Å²) in [5.41, 5.74) is 0. The van der Waals surface area contributed by atoms with Gasteiger partial charge in [-0.3, -0.25) is 4.79 Å². The van der Waals surface area contributed by atoms with Gasteiger partial charge in [0.15, 0.2) is 8.32 Å². The second kappa shape index (κ2) is 10.2. The highest BCUT2D eigenvalue weighted by Crippen LogP contribution is 2.37. The smallest absolute Gasteiger partial charge is 0.308 e. The van der Waals surface area contributed by atoms with E-state index in [-0.39, 0.29) is 17.1 Å². The van der Waals surface area contributed by atoms with Gasteiger partial charge in [0.1, 0.15) is 0 Å². The molecule has 0 aliphatic heterocycles. The number of carbonyl (C=O) groups excluding carboxylic acids is 1. The van der Waals surface area contributed by atoms with Crippen LogP contribution in [0.3, 0.4) is 0 Å². The van der Waals surface area contributed by atoms with Crippen molar-refractivity contribution < 1.29 is 14.0 Å². The molecule has 0 heterocycles. The minimum atomic E-state index is -1.89. The molecule has 0 saturated heterocycles. The van der Waals surface area contributed by atoms with Crippen molar-refractivity contribution in [2.75, 3.05) is 6.61 Å². The van der Waals surface area contributed by atoms with Crippen molar-refractivity contribution in [1.82, 2.24) is 0 Å². The molecule has 0 radical (unpaired) electrons. The van der Waals surface area contributed by atoms with E-state index in [2.05, 4.69) is 52.9 Å². The average Bonchev–Trinajstić information content (AvgIpc) is 2.36. The number of hydrogen-bond donors (Lipinski definition) is 0. The molecule has 4 heteroatoms. The molecule has 0 rings (SSSR count). The molecule has 0 N–H and O–H groups in total. The summed E-state index contributed by atoms with van der Waals surface area (Å²) in [6.45, 7) is 15.5. The highest BCUT2D eigenvalue weighted by Gasteiger charge is 2.39. The summed E-state index contributed by atoms with van der Waals surface area (Å²) in [4.78, 5) is 11.8. The second-order valence-electron chi connectivity index (χ2n) is 7.35. The molecular formula is C18H36O3Si. The molecule has 1 unspecified atom stereocenters. The lowest BCUT2D eigenvalue weighted by Gasteiger charge is -2.38. The van der Waals surface area contributed by atoms with Crippen molar-refractivity contribution in [3.8, 4) is 0 Å². The van der Waals surface area contributed by atoms with Gasteiger partial charge in [-0.15, -0.1) is 0 Å². The molecule has 0 aliphatic rings. The second-order valence-corrected chi connectivity index (χ2v) is 12.1. The van der Waals surface area contributed by atoms with Gasteiger partial charge in [-0.25, -0.2) is 0 Å². The monoisotopic (exact) mass is 328 g/mol. The molecular weight excluding hydrogens is 292 g/mol. The normalized spacial score (nSPS) is 14.3. The molecule has 0 spiro atoms. The van der Waals surface area contributed by atoms with Crippen LogP contribution in [0.25, 0.3) is 0 Å². The molecule has 0 saturated carbocycles. The molecule has 130 valence electrons. The van der Waals surface area contributed by atoms with E-state index in [4.69, 9.17) is 9.16 Å². The van der Waals surface area contributed by atoms with Crippen LogP contribution >= 0.6 is 0 Å². The van der Waals surface area contributed by atoms with Gasteiger partial charge in [0.2, 0.25) is 0 Å². The van der Waals surface area contributed by atoms with Crippen molar-refractivity contribution in [3.63, 3.8) is 0 Å². The van der Waals surface area contributed by atoms with E-state index in [1.165, 1.54) is 19.3 Å². The van der Waals surface area contributed by atoms with Gasteiger partial charge in [0, 0.05) is 0 Å². The van der Waals surface area contributed by atoms with E-state index < -0.39 is 8.32 Å². The lowest BCUT2D eigenvalue weighted by molar-refractivity contribution is -0.144. The summed E-state index contributed by atoms with van der Waals surface area (Å²) in [6, 6.07) is 0. The van der Waals surface area contributed by atoms with Crippen molar-refractivity contribution in [2.24, 2.45) is 0 Å². The van der Waals surface area contributed by atoms with Crippen LogP contribution in [-0.4, -0.2) is 27.0 Å². The predicted molar refractivity (Wildman–Crippen MR) is 96.6 cm³/mol. The first-order chi connectivity index (χ1) is 10.1. The maximum absolute atomic E-state index is 11.8. The van der Waals surface area contributed by atoms with Gasteiger partial charge in [-0.05, 0) is 37.9 Å². The zero-order valence-corrected chi connectivity index (χ0v) is 16.7. The fraction of sp³-hybridized carbons (Fsp3) is 0.833. The van der Waals surface area contributed by atoms with Crippen LogP contribution in [0.2, 0.25) is 18.1 Å². The molecule has 0 aliphatic carbocycles. The van der Waals surface area contributed by atoms with Crippen molar-refractivity contribution in [2.45, 2.75) is 91.0 Å². The van der Waals surface area contributed by atoms with E-state index in [1.807, 2.05) is 6.92 Å². The minimum absolute atomic E-state index is 0.135. The minimum Gasteiger partial charge on any atom is -0.466 e. The Bertz CT molecular complexity index is 343. The number of allylic oxidation sites excluding steroid dienone is 1. The Morgan fingerprint density at radius 1 is 1.18 bits per heavy atom. The zero-order chi connectivity index (χ0) is 17.2. The van der Waals surface area contributed by atoms with Crippen LogP contribution in [0.5, 0.6) is 0 Å². The first-order valence-corrected chi connectivity index (χ1v) is 11.5. The Hall–Kier alpha value is -0.613. The van der Waals surface area contributed by atoms with Gasteiger partial charge in [-0.2, -0.15) is 0 Å². The van der Waals surface area contributed by atoms with Crippen molar-refractivity contribution in [3.05, 3.63) is 12.2 Å². The third-order valence-electron chi connectivity index (χ3n) is 4.25. The fourth-order valence-electron chi connectivity index (χ4n) is 1.85. The van der Waals surface area contributed by atoms with Gasteiger partial charge < -0.3 is 9.16 Å². The third-order valence-corrected chi connectivity index (χ3v) is 8.75.